The maximum atomic E-state index is 14.1. The quantitative estimate of drug-likeness (QED) is 0.179. The number of benzene rings is 3. The molecule has 1 N–H and O–H groups in total. The Balaban J connectivity index is 1.07. The number of hydrazone groups is 1. The van der Waals surface area contributed by atoms with E-state index in [-0.39, 0.29) is 22.6 Å². The van der Waals surface area contributed by atoms with Crippen LogP contribution < -0.4 is 19.5 Å². The number of amidine groups is 1. The van der Waals surface area contributed by atoms with Gasteiger partial charge in [-0.2, -0.15) is 9.42 Å². The number of hydrogen-bond donors (Lipinski definition) is 1. The van der Waals surface area contributed by atoms with Crippen molar-refractivity contribution in [3.8, 4) is 5.75 Å². The molecule has 3 aliphatic rings. The predicted octanol–water partition coefficient (Wildman–Crippen LogP) is 8.50. The van der Waals surface area contributed by atoms with Gasteiger partial charge in [0.2, 0.25) is 5.91 Å². The summed E-state index contributed by atoms with van der Waals surface area (Å²) in [6, 6.07) is 23.4. The molecule has 3 heterocycles. The molecule has 1 unspecified atom stereocenters. The van der Waals surface area contributed by atoms with Crippen LogP contribution in [0.1, 0.15) is 91.2 Å². The summed E-state index contributed by atoms with van der Waals surface area (Å²) >= 11 is 0. The summed E-state index contributed by atoms with van der Waals surface area (Å²) < 4.78 is 12.4. The minimum absolute atomic E-state index is 0.0271. The molecule has 11 nitrogen and oxygen atoms in total. The lowest BCUT2D eigenvalue weighted by Gasteiger charge is -2.30. The van der Waals surface area contributed by atoms with E-state index >= 15 is 0 Å². The average molecular weight is 711 g/mol. The normalized spacial score (nSPS) is 19.1. The summed E-state index contributed by atoms with van der Waals surface area (Å²) in [6.07, 6.45) is 5.05. The zero-order valence-electron chi connectivity index (χ0n) is 30.6. The number of ether oxygens (including phenoxy) is 1. The summed E-state index contributed by atoms with van der Waals surface area (Å²) in [6.45, 7) is 15.6. The van der Waals surface area contributed by atoms with E-state index in [4.69, 9.17) is 9.84 Å². The van der Waals surface area contributed by atoms with E-state index in [1.54, 1.807) is 16.5 Å². The molecular formula is C39H50N8O3S. The molecular weight excluding hydrogens is 661 g/mol. The lowest BCUT2D eigenvalue weighted by atomic mass is 9.76. The van der Waals surface area contributed by atoms with E-state index in [1.807, 2.05) is 42.5 Å². The standard InChI is InChI=1S/C39H50N8O3S/c1-7-38(3,4)28-18-23-33(32(27-28)39(5,6)8-2)50-26-14-17-34(48)40-29-19-21-30(22-20-29)46-37(49)35(36(41-46)45-24-12-13-25-45)51-44-42-43-47(51)31-15-10-9-11-16-31/h9-11,15-16,18-23,27,35H,7-8,12-14,17,24-26H2,1-6H3,(H,40,48)/t35-,51?/m1/s1. The Morgan fingerprint density at radius 2 is 1.63 bits per heavy atom. The highest BCUT2D eigenvalue weighted by atomic mass is 32.2. The fourth-order valence-electron chi connectivity index (χ4n) is 6.32. The number of para-hydroxylation sites is 1. The van der Waals surface area contributed by atoms with Crippen LogP contribution in [-0.4, -0.2) is 47.5 Å². The molecule has 6 rings (SSSR count). The Hall–Kier alpha value is -4.58. The molecule has 12 heteroatoms. The van der Waals surface area contributed by atoms with Crippen molar-refractivity contribution in [3.05, 3.63) is 83.9 Å². The van der Waals surface area contributed by atoms with Crippen LogP contribution in [0.15, 0.2) is 92.8 Å². The molecule has 3 aromatic carbocycles. The second kappa shape index (κ2) is 15.3. The molecule has 2 atom stereocenters. The molecule has 1 fully saturated rings. The Kier molecular flexibility index (Phi) is 10.9. The van der Waals surface area contributed by atoms with Gasteiger partial charge in [0.15, 0.2) is 11.1 Å². The number of hydrogen-bond acceptors (Lipinski definition) is 9. The van der Waals surface area contributed by atoms with Gasteiger partial charge in [0.25, 0.3) is 5.91 Å². The summed E-state index contributed by atoms with van der Waals surface area (Å²) in [7, 11) is -0.989. The molecule has 3 aromatic rings. The van der Waals surface area contributed by atoms with Crippen LogP contribution >= 0.6 is 0 Å². The van der Waals surface area contributed by atoms with Crippen molar-refractivity contribution < 1.29 is 14.3 Å². The number of carbonyl (C=O) groups is 2. The van der Waals surface area contributed by atoms with E-state index in [2.05, 4.69) is 84.9 Å². The van der Waals surface area contributed by atoms with Crippen LogP contribution in [0.25, 0.3) is 0 Å². The zero-order chi connectivity index (χ0) is 36.2. The summed E-state index contributed by atoms with van der Waals surface area (Å²) in [5.41, 5.74) is 4.68. The number of rotatable bonds is 13. The van der Waals surface area contributed by atoms with Gasteiger partial charge in [-0.25, -0.2) is 0 Å². The fourth-order valence-corrected chi connectivity index (χ4v) is 7.90. The minimum atomic E-state index is -0.989. The number of nitrogens with one attached hydrogen (secondary N) is 1. The third-order valence-corrected chi connectivity index (χ3v) is 12.1. The monoisotopic (exact) mass is 710 g/mol. The number of anilines is 3. The number of amides is 2. The van der Waals surface area contributed by atoms with E-state index in [9.17, 15) is 9.59 Å². The van der Waals surface area contributed by atoms with Crippen LogP contribution in [0.4, 0.5) is 17.1 Å². The van der Waals surface area contributed by atoms with Crippen molar-refractivity contribution in [3.63, 3.8) is 0 Å². The number of carbonyl (C=O) groups excluding carboxylic acids is 2. The summed E-state index contributed by atoms with van der Waals surface area (Å²) in [5, 5.41) is 16.9. The van der Waals surface area contributed by atoms with E-state index in [0.717, 1.165) is 50.2 Å². The molecule has 0 radical (unpaired) electrons. The first-order valence-electron chi connectivity index (χ1n) is 18.1. The van der Waals surface area contributed by atoms with Gasteiger partial charge in [0.1, 0.15) is 5.75 Å². The predicted molar refractivity (Wildman–Crippen MR) is 206 cm³/mol. The van der Waals surface area contributed by atoms with Crippen LogP contribution in [-0.2, 0) is 31.3 Å². The smallest absolute Gasteiger partial charge is 0.271 e. The van der Waals surface area contributed by atoms with Crippen molar-refractivity contribution in [1.29, 1.82) is 0 Å². The SMILES string of the molecule is CCC(C)(C)c1ccc(OCCCC(=O)Nc2ccc(N3N=C(N4CCCC4)[C@@H](S4=NN=NN4c4ccccc4)C3=O)cc2)c(C(C)(C)CC)c1. The molecule has 0 spiro atoms. The maximum absolute atomic E-state index is 14.1. The Labute approximate surface area is 304 Å². The fraction of sp³-hybridized carbons (Fsp3) is 0.462. The number of likely N-dealkylation sites (tertiary alicyclic amines) is 1. The zero-order valence-corrected chi connectivity index (χ0v) is 31.4. The van der Waals surface area contributed by atoms with Crippen LogP contribution in [0.5, 0.6) is 5.75 Å². The van der Waals surface area contributed by atoms with Crippen molar-refractivity contribution >= 4 is 45.6 Å². The van der Waals surface area contributed by atoms with Crippen LogP contribution in [0.3, 0.4) is 0 Å². The van der Waals surface area contributed by atoms with Crippen molar-refractivity contribution in [2.45, 2.75) is 96.1 Å². The molecule has 270 valence electrons. The summed E-state index contributed by atoms with van der Waals surface area (Å²) in [4.78, 5) is 29.2. The molecule has 1 saturated heterocycles. The highest BCUT2D eigenvalue weighted by molar-refractivity contribution is 7.91. The first-order chi connectivity index (χ1) is 24.5. The highest BCUT2D eigenvalue weighted by Gasteiger charge is 2.46. The Bertz CT molecular complexity index is 1820. The van der Waals surface area contributed by atoms with Crippen molar-refractivity contribution in [2.75, 3.05) is 34.4 Å². The number of nitrogens with zero attached hydrogens (tertiary/aromatic N) is 7. The Morgan fingerprint density at radius 1 is 0.922 bits per heavy atom. The maximum Gasteiger partial charge on any atom is 0.271 e. The molecule has 3 aliphatic heterocycles. The van der Waals surface area contributed by atoms with Gasteiger partial charge in [-0.15, -0.1) is 5.10 Å². The van der Waals surface area contributed by atoms with E-state index in [1.165, 1.54) is 16.1 Å². The van der Waals surface area contributed by atoms with Gasteiger partial charge in [-0.1, -0.05) is 76.3 Å². The summed E-state index contributed by atoms with van der Waals surface area (Å²) in [5.74, 6) is 1.32. The van der Waals surface area contributed by atoms with Crippen molar-refractivity contribution in [1.82, 2.24) is 4.90 Å². The molecule has 2 amide bonds. The van der Waals surface area contributed by atoms with E-state index in [0.29, 0.717) is 36.7 Å². The average Bonchev–Trinajstić information content (AvgIpc) is 3.92. The third kappa shape index (κ3) is 7.85. The third-order valence-electron chi connectivity index (χ3n) is 10.4. The lowest BCUT2D eigenvalue weighted by molar-refractivity contribution is -0.117. The molecule has 0 aliphatic carbocycles. The lowest BCUT2D eigenvalue weighted by Crippen LogP contribution is -2.45. The van der Waals surface area contributed by atoms with Crippen LogP contribution in [0.2, 0.25) is 0 Å². The Morgan fingerprint density at radius 3 is 2.31 bits per heavy atom. The second-order valence-corrected chi connectivity index (χ2v) is 16.1. The first-order valence-corrected chi connectivity index (χ1v) is 19.3. The largest absolute Gasteiger partial charge is 0.493 e. The topological polar surface area (TPSA) is 115 Å². The molecule has 0 aromatic heterocycles. The van der Waals surface area contributed by atoms with Gasteiger partial charge < -0.3 is 15.0 Å². The minimum Gasteiger partial charge on any atom is -0.493 e. The van der Waals surface area contributed by atoms with Gasteiger partial charge >= 0.3 is 0 Å². The highest BCUT2D eigenvalue weighted by Crippen LogP contribution is 2.39. The van der Waals surface area contributed by atoms with Gasteiger partial charge in [-0.3, -0.25) is 9.59 Å². The molecule has 51 heavy (non-hydrogen) atoms. The van der Waals surface area contributed by atoms with Gasteiger partial charge in [0.05, 0.1) is 28.9 Å². The van der Waals surface area contributed by atoms with Gasteiger partial charge in [0, 0.05) is 30.8 Å². The second-order valence-electron chi connectivity index (χ2n) is 14.6. The molecule has 0 bridgehead atoms. The first kappa shape index (κ1) is 36.2. The van der Waals surface area contributed by atoms with Crippen molar-refractivity contribution in [2.24, 2.45) is 20.0 Å². The van der Waals surface area contributed by atoms with E-state index < -0.39 is 16.1 Å². The van der Waals surface area contributed by atoms with Crippen LogP contribution in [0, 0.1) is 0 Å². The molecule has 0 saturated carbocycles. The van der Waals surface area contributed by atoms with Gasteiger partial charge in [-0.05, 0) is 101 Å².